The summed E-state index contributed by atoms with van der Waals surface area (Å²) in [5.41, 5.74) is 1.08. The predicted octanol–water partition coefficient (Wildman–Crippen LogP) is 2.92. The van der Waals surface area contributed by atoms with Gasteiger partial charge in [-0.05, 0) is 19.1 Å². The first-order chi connectivity index (χ1) is 8.62. The molecule has 0 aliphatic carbocycles. The van der Waals surface area contributed by atoms with Crippen molar-refractivity contribution < 1.29 is 9.13 Å². The van der Waals surface area contributed by atoms with Crippen LogP contribution < -0.4 is 10.9 Å². The maximum absolute atomic E-state index is 12.0. The third-order valence-electron chi connectivity index (χ3n) is 2.23. The summed E-state index contributed by atoms with van der Waals surface area (Å²) >= 11 is 1.39. The molecule has 0 aromatic carbocycles. The first kappa shape index (κ1) is 15.7. The molecule has 4 nitrogen and oxygen atoms in total. The van der Waals surface area contributed by atoms with Gasteiger partial charge in [-0.15, -0.1) is 0 Å². The topological polar surface area (TPSA) is 59.9 Å². The van der Waals surface area contributed by atoms with Crippen molar-refractivity contribution >= 4 is 38.2 Å². The second kappa shape index (κ2) is 7.93. The molecule has 0 fully saturated rings. The smallest absolute Gasteiger partial charge is 0.177 e. The van der Waals surface area contributed by atoms with Crippen molar-refractivity contribution in [3.05, 3.63) is 6.07 Å². The third kappa shape index (κ3) is 4.38. The van der Waals surface area contributed by atoms with E-state index in [-0.39, 0.29) is 0 Å². The van der Waals surface area contributed by atoms with Crippen LogP contribution in [0.2, 0.25) is 0 Å². The zero-order valence-electron chi connectivity index (χ0n) is 10.9. The summed E-state index contributed by atoms with van der Waals surface area (Å²) in [6.45, 7) is 3.98. The van der Waals surface area contributed by atoms with Gasteiger partial charge in [0.25, 0.3) is 10.9 Å². The Labute approximate surface area is 114 Å². The van der Waals surface area contributed by atoms with Crippen LogP contribution in [-0.4, -0.2) is 28.5 Å². The van der Waals surface area contributed by atoms with Crippen molar-refractivity contribution in [2.24, 2.45) is 0 Å². The predicted molar refractivity (Wildman–Crippen MR) is 78.6 cm³/mol. The molecule has 0 saturated carbocycles. The number of aromatic nitrogens is 2. The molecule has 0 aliphatic rings. The van der Waals surface area contributed by atoms with Gasteiger partial charge in [-0.2, -0.15) is 9.97 Å². The quantitative estimate of drug-likeness (QED) is 0.440. The molecule has 0 radical (unpaired) electrons. The molecule has 98 valence electrons. The highest BCUT2D eigenvalue weighted by atomic mass is 32.2. The molecule has 1 aromatic rings. The van der Waals surface area contributed by atoms with Crippen LogP contribution in [0.25, 0.3) is 0 Å². The maximum atomic E-state index is 12.0. The van der Waals surface area contributed by atoms with Crippen LogP contribution in [-0.2, 0) is 9.13 Å². The molecule has 2 unspecified atom stereocenters. The first-order valence-corrected chi connectivity index (χ1v) is 10.1. The summed E-state index contributed by atoms with van der Waals surface area (Å²) in [5.74, 6) is 0. The van der Waals surface area contributed by atoms with Crippen molar-refractivity contribution in [2.75, 3.05) is 18.6 Å². The van der Waals surface area contributed by atoms with Crippen molar-refractivity contribution in [3.63, 3.8) is 0 Å². The monoisotopic (exact) mass is 304 g/mol. The van der Waals surface area contributed by atoms with E-state index in [9.17, 15) is 9.13 Å². The fraction of sp³-hybridized carbons (Fsp3) is 0.636. The minimum Gasteiger partial charge on any atom is -0.177 e. The molecular formula is C11H18N2O2P2S+2. The van der Waals surface area contributed by atoms with Gasteiger partial charge in [-0.25, -0.2) is 0 Å². The summed E-state index contributed by atoms with van der Waals surface area (Å²) < 4.78 is 24.0. The van der Waals surface area contributed by atoms with Crippen molar-refractivity contribution in [3.8, 4) is 0 Å². The second-order valence-electron chi connectivity index (χ2n) is 3.78. The van der Waals surface area contributed by atoms with Crippen molar-refractivity contribution in [1.29, 1.82) is 0 Å². The molecular weight excluding hydrogens is 286 g/mol. The number of rotatable bonds is 7. The Hall–Kier alpha value is -0.370. The lowest BCUT2D eigenvalue weighted by Gasteiger charge is -1.94. The zero-order valence-corrected chi connectivity index (χ0v) is 13.5. The lowest BCUT2D eigenvalue weighted by atomic mass is 10.6. The molecule has 1 rings (SSSR count). The molecule has 1 aromatic heterocycles. The van der Waals surface area contributed by atoms with E-state index in [0.717, 1.165) is 12.8 Å². The second-order valence-corrected chi connectivity index (χ2v) is 7.87. The Morgan fingerprint density at radius 1 is 1.06 bits per heavy atom. The van der Waals surface area contributed by atoms with Gasteiger partial charge in [0, 0.05) is 0 Å². The van der Waals surface area contributed by atoms with Gasteiger partial charge in [0.1, 0.15) is 0 Å². The average molecular weight is 304 g/mol. The van der Waals surface area contributed by atoms with Crippen LogP contribution in [0.4, 0.5) is 0 Å². The van der Waals surface area contributed by atoms with E-state index in [0.29, 0.717) is 28.4 Å². The van der Waals surface area contributed by atoms with Crippen LogP contribution in [0.1, 0.15) is 26.7 Å². The molecule has 0 bridgehead atoms. The van der Waals surface area contributed by atoms with Gasteiger partial charge in [0.05, 0.1) is 6.07 Å². The van der Waals surface area contributed by atoms with E-state index >= 15 is 0 Å². The van der Waals surface area contributed by atoms with Gasteiger partial charge in [0.15, 0.2) is 17.5 Å². The number of nitrogens with zero attached hydrogens (tertiary/aromatic N) is 2. The molecule has 2 atom stereocenters. The summed E-state index contributed by atoms with van der Waals surface area (Å²) in [4.78, 5) is 8.51. The SMILES string of the molecule is CCC[P+](=O)c1cc([P+](=O)CCC)nc(SC)n1. The van der Waals surface area contributed by atoms with E-state index in [1.165, 1.54) is 11.8 Å². The first-order valence-electron chi connectivity index (χ1n) is 5.94. The number of thioether (sulfide) groups is 1. The molecule has 7 heteroatoms. The van der Waals surface area contributed by atoms with Gasteiger partial charge in [-0.3, -0.25) is 0 Å². The largest absolute Gasteiger partial charge is 0.397 e. The maximum Gasteiger partial charge on any atom is 0.397 e. The molecule has 0 aliphatic heterocycles. The summed E-state index contributed by atoms with van der Waals surface area (Å²) in [7, 11) is -2.98. The van der Waals surface area contributed by atoms with Crippen LogP contribution in [0.5, 0.6) is 0 Å². The Morgan fingerprint density at radius 2 is 1.50 bits per heavy atom. The van der Waals surface area contributed by atoms with Crippen LogP contribution in [0.3, 0.4) is 0 Å². The van der Waals surface area contributed by atoms with Crippen LogP contribution >= 0.6 is 27.4 Å². The fourth-order valence-corrected chi connectivity index (χ4v) is 4.22. The van der Waals surface area contributed by atoms with Gasteiger partial charge in [-0.1, -0.05) is 34.7 Å². The Kier molecular flexibility index (Phi) is 6.91. The van der Waals surface area contributed by atoms with E-state index in [1.54, 1.807) is 6.07 Å². The summed E-state index contributed by atoms with van der Waals surface area (Å²) in [6, 6.07) is 1.66. The minimum absolute atomic E-state index is 0.542. The minimum atomic E-state index is -1.49. The normalized spacial score (nSPS) is 12.4. The van der Waals surface area contributed by atoms with Gasteiger partial charge >= 0.3 is 15.6 Å². The number of hydrogen-bond donors (Lipinski definition) is 0. The zero-order chi connectivity index (χ0) is 13.5. The van der Waals surface area contributed by atoms with Gasteiger partial charge < -0.3 is 0 Å². The third-order valence-corrected chi connectivity index (χ3v) is 5.96. The number of hydrogen-bond acceptors (Lipinski definition) is 5. The fourth-order valence-electron chi connectivity index (χ4n) is 1.38. The highest BCUT2D eigenvalue weighted by Gasteiger charge is 2.29. The van der Waals surface area contributed by atoms with Crippen molar-refractivity contribution in [2.45, 2.75) is 31.8 Å². The van der Waals surface area contributed by atoms with E-state index in [1.807, 2.05) is 20.1 Å². The van der Waals surface area contributed by atoms with E-state index in [2.05, 4.69) is 9.97 Å². The van der Waals surface area contributed by atoms with Crippen LogP contribution in [0.15, 0.2) is 11.2 Å². The summed E-state index contributed by atoms with van der Waals surface area (Å²) in [5, 5.41) is 0.557. The Balaban J connectivity index is 3.08. The van der Waals surface area contributed by atoms with Gasteiger partial charge in [0.2, 0.25) is 0 Å². The highest BCUT2D eigenvalue weighted by Crippen LogP contribution is 2.24. The Bertz CT molecular complexity index is 418. The Morgan fingerprint density at radius 3 is 1.83 bits per heavy atom. The highest BCUT2D eigenvalue weighted by molar-refractivity contribution is 7.98. The molecule has 18 heavy (non-hydrogen) atoms. The van der Waals surface area contributed by atoms with E-state index in [4.69, 9.17) is 0 Å². The molecule has 0 spiro atoms. The molecule has 0 saturated heterocycles. The van der Waals surface area contributed by atoms with E-state index < -0.39 is 15.6 Å². The van der Waals surface area contributed by atoms with Crippen LogP contribution in [0, 0.1) is 0 Å². The van der Waals surface area contributed by atoms with Crippen molar-refractivity contribution in [1.82, 2.24) is 9.97 Å². The lowest BCUT2D eigenvalue weighted by Crippen LogP contribution is -2.17. The molecule has 1 heterocycles. The standard InChI is InChI=1S/C11H18N2O2P2S/c1-4-6-16(14)9-8-10(17(15)7-5-2)13-11(12-9)18-3/h8H,4-7H2,1-3H3/q+2. The molecule has 0 N–H and O–H groups in total. The average Bonchev–Trinajstić information content (AvgIpc) is 2.38. The summed E-state index contributed by atoms with van der Waals surface area (Å²) in [6.07, 6.45) is 4.80. The lowest BCUT2D eigenvalue weighted by molar-refractivity contribution is 0.591. The molecule has 0 amide bonds.